The van der Waals surface area contributed by atoms with Gasteiger partial charge in [-0.15, -0.1) is 0 Å². The van der Waals surface area contributed by atoms with Crippen LogP contribution in [-0.2, 0) is 0 Å². The molecule has 3 unspecified atom stereocenters. The van der Waals surface area contributed by atoms with Crippen LogP contribution in [0.15, 0.2) is 73.0 Å². The van der Waals surface area contributed by atoms with Gasteiger partial charge >= 0.3 is 0 Å². The van der Waals surface area contributed by atoms with Crippen LogP contribution in [0.25, 0.3) is 16.6 Å². The predicted octanol–water partition coefficient (Wildman–Crippen LogP) is 7.49. The van der Waals surface area contributed by atoms with Gasteiger partial charge in [0, 0.05) is 29.7 Å². The molecular formula is C30H35N3. The number of rotatable bonds is 2. The molecule has 4 aliphatic rings. The Morgan fingerprint density at radius 1 is 0.939 bits per heavy atom. The summed E-state index contributed by atoms with van der Waals surface area (Å²) in [6.07, 6.45) is 22.8. The molecule has 6 atom stereocenters. The molecule has 7 rings (SSSR count). The van der Waals surface area contributed by atoms with E-state index >= 15 is 0 Å². The molecule has 3 aromatic rings. The average molecular weight is 438 g/mol. The quantitative estimate of drug-likeness (QED) is 0.381. The second kappa shape index (κ2) is 6.98. The lowest BCUT2D eigenvalue weighted by molar-refractivity contribution is -0.0251. The fourth-order valence-corrected chi connectivity index (χ4v) is 8.62. The van der Waals surface area contributed by atoms with E-state index in [1.54, 1.807) is 11.3 Å². The number of fused-ring (bicyclic) bond motifs is 6. The minimum absolute atomic E-state index is 0.300. The summed E-state index contributed by atoms with van der Waals surface area (Å²) in [5, 5.41) is 1.36. The Balaban J connectivity index is 1.20. The second-order valence-corrected chi connectivity index (χ2v) is 11.7. The fourth-order valence-electron chi connectivity index (χ4n) is 8.62. The Morgan fingerprint density at radius 3 is 2.70 bits per heavy atom. The van der Waals surface area contributed by atoms with Gasteiger partial charge in [-0.3, -0.25) is 0 Å². The maximum absolute atomic E-state index is 4.30. The summed E-state index contributed by atoms with van der Waals surface area (Å²) in [5.74, 6) is 2.48. The summed E-state index contributed by atoms with van der Waals surface area (Å²) in [4.78, 5) is 4.30. The van der Waals surface area contributed by atoms with Gasteiger partial charge in [-0.25, -0.2) is 4.98 Å². The van der Waals surface area contributed by atoms with E-state index in [9.17, 15) is 0 Å². The lowest BCUT2D eigenvalue weighted by Gasteiger charge is -2.58. The van der Waals surface area contributed by atoms with Crippen molar-refractivity contribution in [2.24, 2.45) is 28.6 Å². The number of hydrogen-bond acceptors (Lipinski definition) is 1. The normalized spacial score (nSPS) is 37.8. The molecule has 2 saturated carbocycles. The van der Waals surface area contributed by atoms with Crippen molar-refractivity contribution in [1.29, 1.82) is 0 Å². The summed E-state index contributed by atoms with van der Waals surface area (Å²) in [5.41, 5.74) is 5.38. The highest BCUT2D eigenvalue weighted by molar-refractivity contribution is 5.84. The summed E-state index contributed by atoms with van der Waals surface area (Å²) in [6.45, 7) is 5.20. The zero-order valence-electron chi connectivity index (χ0n) is 20.0. The molecule has 0 amide bonds. The fraction of sp³-hybridized carbons (Fsp3) is 0.500. The summed E-state index contributed by atoms with van der Waals surface area (Å²) in [7, 11) is 0. The van der Waals surface area contributed by atoms with E-state index in [-0.39, 0.29) is 0 Å². The zero-order valence-corrected chi connectivity index (χ0v) is 20.0. The first-order valence-corrected chi connectivity index (χ1v) is 13.0. The maximum atomic E-state index is 4.30. The second-order valence-electron chi connectivity index (χ2n) is 11.7. The molecule has 4 aliphatic carbocycles. The Bertz CT molecular complexity index is 1260. The van der Waals surface area contributed by atoms with Crippen molar-refractivity contribution in [3.63, 3.8) is 0 Å². The summed E-state index contributed by atoms with van der Waals surface area (Å²) in [6, 6.07) is 11.7. The van der Waals surface area contributed by atoms with Gasteiger partial charge in [0.05, 0.1) is 17.9 Å². The topological polar surface area (TPSA) is 22.8 Å². The van der Waals surface area contributed by atoms with Crippen LogP contribution in [0.5, 0.6) is 0 Å². The van der Waals surface area contributed by atoms with E-state index < -0.39 is 0 Å². The lowest BCUT2D eigenvalue weighted by Crippen LogP contribution is -2.50. The Morgan fingerprint density at radius 2 is 1.82 bits per heavy atom. The van der Waals surface area contributed by atoms with Crippen molar-refractivity contribution in [3.05, 3.63) is 73.0 Å². The van der Waals surface area contributed by atoms with Crippen molar-refractivity contribution >= 4 is 16.6 Å². The molecule has 33 heavy (non-hydrogen) atoms. The first-order chi connectivity index (χ1) is 16.1. The van der Waals surface area contributed by atoms with E-state index in [1.165, 1.54) is 55.8 Å². The van der Waals surface area contributed by atoms with Gasteiger partial charge in [-0.1, -0.05) is 49.8 Å². The van der Waals surface area contributed by atoms with Gasteiger partial charge in [0.25, 0.3) is 0 Å². The number of para-hydroxylation sites is 1. The Labute approximate surface area is 197 Å². The lowest BCUT2D eigenvalue weighted by atomic mass is 9.47. The van der Waals surface area contributed by atoms with E-state index in [0.717, 1.165) is 17.8 Å². The number of allylic oxidation sites excluding steroid dienone is 4. The number of hydrogen-bond donors (Lipinski definition) is 0. The molecule has 0 spiro atoms. The summed E-state index contributed by atoms with van der Waals surface area (Å²) >= 11 is 0. The smallest absolute Gasteiger partial charge is 0.0951 e. The molecule has 0 aliphatic heterocycles. The van der Waals surface area contributed by atoms with Gasteiger partial charge in [0.2, 0.25) is 0 Å². The molecule has 0 radical (unpaired) electrons. The third-order valence-electron chi connectivity index (χ3n) is 10.4. The van der Waals surface area contributed by atoms with Gasteiger partial charge in [0.15, 0.2) is 0 Å². The standard InChI is InChI=1S/C30H35N3/c1-29-14-11-23(32-18-16-31-20-32)19-22(29)7-8-24-25-9-10-28(30(25,2)15-12-26(24)29)33-17-13-21-5-3-4-6-27(21)33/h3-6,10,13,16-20,23-26H,7-9,11-12,14-15H2,1-2H3/t23-,24?,25?,26?,29+,30+/m1/s1. The number of nitrogens with zero attached hydrogens (tertiary/aromatic N) is 3. The maximum Gasteiger partial charge on any atom is 0.0951 e. The van der Waals surface area contributed by atoms with Crippen LogP contribution in [0.2, 0.25) is 0 Å². The van der Waals surface area contributed by atoms with Gasteiger partial charge in [-0.05, 0) is 85.6 Å². The zero-order chi connectivity index (χ0) is 22.2. The predicted molar refractivity (Wildman–Crippen MR) is 135 cm³/mol. The molecule has 3 nitrogen and oxygen atoms in total. The molecule has 2 fully saturated rings. The molecule has 0 saturated heterocycles. The van der Waals surface area contributed by atoms with Gasteiger partial charge in [0.1, 0.15) is 0 Å². The first-order valence-electron chi connectivity index (χ1n) is 13.0. The molecular weight excluding hydrogens is 402 g/mol. The third kappa shape index (κ3) is 2.71. The van der Waals surface area contributed by atoms with Crippen molar-refractivity contribution in [3.8, 4) is 0 Å². The van der Waals surface area contributed by atoms with Gasteiger partial charge < -0.3 is 9.13 Å². The minimum Gasteiger partial charge on any atom is -0.331 e. The monoisotopic (exact) mass is 437 g/mol. The van der Waals surface area contributed by atoms with Crippen LogP contribution in [0.4, 0.5) is 0 Å². The number of imidazole rings is 1. The highest BCUT2D eigenvalue weighted by atomic mass is 15.0. The van der Waals surface area contributed by atoms with E-state index in [4.69, 9.17) is 0 Å². The average Bonchev–Trinajstić information content (AvgIpc) is 3.57. The summed E-state index contributed by atoms with van der Waals surface area (Å²) < 4.78 is 4.83. The molecule has 2 heterocycles. The molecule has 170 valence electrons. The molecule has 2 aromatic heterocycles. The third-order valence-corrected chi connectivity index (χ3v) is 10.4. The van der Waals surface area contributed by atoms with E-state index in [2.05, 4.69) is 82.8 Å². The number of benzene rings is 1. The van der Waals surface area contributed by atoms with Crippen LogP contribution < -0.4 is 0 Å². The van der Waals surface area contributed by atoms with Crippen LogP contribution in [0.1, 0.15) is 64.8 Å². The molecule has 1 aromatic carbocycles. The molecule has 3 heteroatoms. The highest BCUT2D eigenvalue weighted by Gasteiger charge is 2.57. The minimum atomic E-state index is 0.300. The van der Waals surface area contributed by atoms with Crippen molar-refractivity contribution < 1.29 is 0 Å². The Hall–Kier alpha value is -2.55. The van der Waals surface area contributed by atoms with E-state index in [0.29, 0.717) is 16.9 Å². The molecule has 0 N–H and O–H groups in total. The largest absolute Gasteiger partial charge is 0.331 e. The highest BCUT2D eigenvalue weighted by Crippen LogP contribution is 2.66. The first kappa shape index (κ1) is 19.9. The van der Waals surface area contributed by atoms with E-state index in [1.807, 2.05) is 12.5 Å². The van der Waals surface area contributed by atoms with Crippen LogP contribution in [0, 0.1) is 28.6 Å². The van der Waals surface area contributed by atoms with Gasteiger partial charge in [-0.2, -0.15) is 0 Å². The van der Waals surface area contributed by atoms with Crippen LogP contribution in [0.3, 0.4) is 0 Å². The molecule has 0 bridgehead atoms. The van der Waals surface area contributed by atoms with Crippen molar-refractivity contribution in [1.82, 2.24) is 14.1 Å². The van der Waals surface area contributed by atoms with Crippen LogP contribution in [-0.4, -0.2) is 14.1 Å². The SMILES string of the molecule is C[C@]12CC[C@@H](n3ccnc3)C=C1CCC1C2CC[C@]2(C)C(n3ccc4ccccc43)=CCC12. The van der Waals surface area contributed by atoms with Crippen molar-refractivity contribution in [2.45, 2.75) is 64.8 Å². The Kier molecular flexibility index (Phi) is 4.20. The van der Waals surface area contributed by atoms with Crippen molar-refractivity contribution in [2.75, 3.05) is 0 Å². The van der Waals surface area contributed by atoms with Crippen LogP contribution >= 0.6 is 0 Å². The number of aromatic nitrogens is 3.